The summed E-state index contributed by atoms with van der Waals surface area (Å²) in [4.78, 5) is 33.5. The molecule has 0 aliphatic carbocycles. The van der Waals surface area contributed by atoms with Crippen molar-refractivity contribution in [1.29, 1.82) is 0 Å². The maximum Gasteiger partial charge on any atom is 0.249 e. The van der Waals surface area contributed by atoms with E-state index in [0.717, 1.165) is 0 Å². The van der Waals surface area contributed by atoms with Gasteiger partial charge in [0.25, 0.3) is 0 Å². The van der Waals surface area contributed by atoms with E-state index in [2.05, 4.69) is 15.3 Å². The molecule has 1 aliphatic heterocycles. The lowest BCUT2D eigenvalue weighted by atomic mass is 10.1. The Morgan fingerprint density at radius 2 is 2.19 bits per heavy atom. The molecule has 7 nitrogen and oxygen atoms in total. The van der Waals surface area contributed by atoms with Gasteiger partial charge in [-0.3, -0.25) is 14.9 Å². The van der Waals surface area contributed by atoms with Crippen molar-refractivity contribution in [2.24, 2.45) is 0 Å². The maximum absolute atomic E-state index is 11.9. The summed E-state index contributed by atoms with van der Waals surface area (Å²) in [6, 6.07) is 1.10. The van der Waals surface area contributed by atoms with Crippen LogP contribution in [-0.2, 0) is 20.9 Å². The topological polar surface area (TPSA) is 84.4 Å². The number of amides is 2. The van der Waals surface area contributed by atoms with Crippen LogP contribution in [0.5, 0.6) is 0 Å². The van der Waals surface area contributed by atoms with Crippen LogP contribution in [0.1, 0.15) is 26.1 Å². The van der Waals surface area contributed by atoms with Gasteiger partial charge in [-0.1, -0.05) is 18.5 Å². The first kappa shape index (κ1) is 15.7. The number of nitrogens with one attached hydrogen (secondary N) is 1. The van der Waals surface area contributed by atoms with E-state index in [1.807, 2.05) is 13.8 Å². The third-order valence-corrected chi connectivity index (χ3v) is 3.29. The minimum absolute atomic E-state index is 0.0612. The average Bonchev–Trinajstić information content (AvgIpc) is 2.43. The van der Waals surface area contributed by atoms with Gasteiger partial charge in [0.1, 0.15) is 23.6 Å². The molecule has 8 heteroatoms. The Kier molecular flexibility index (Phi) is 5.08. The van der Waals surface area contributed by atoms with Crippen LogP contribution in [0.25, 0.3) is 0 Å². The third kappa shape index (κ3) is 3.68. The van der Waals surface area contributed by atoms with Crippen molar-refractivity contribution >= 4 is 29.2 Å². The standard InChI is InChI=1S/C13H17ClN4O3/c1-3-8-13(20)17-12(19)6-18(8)11-5-9(14)15-10(16-11)7-21-4-2/h5,8H,3-4,6-7H2,1-2H3,(H,17,19,20). The number of carbonyl (C=O) groups excluding carboxylic acids is 2. The van der Waals surface area contributed by atoms with Gasteiger partial charge in [-0.2, -0.15) is 0 Å². The molecule has 2 heterocycles. The first-order valence-electron chi connectivity index (χ1n) is 6.76. The van der Waals surface area contributed by atoms with Gasteiger partial charge < -0.3 is 9.64 Å². The largest absolute Gasteiger partial charge is 0.374 e. The van der Waals surface area contributed by atoms with Crippen molar-refractivity contribution in [3.05, 3.63) is 17.0 Å². The Morgan fingerprint density at radius 3 is 2.86 bits per heavy atom. The third-order valence-electron chi connectivity index (χ3n) is 3.10. The minimum atomic E-state index is -0.450. The summed E-state index contributed by atoms with van der Waals surface area (Å²) in [5.41, 5.74) is 0. The van der Waals surface area contributed by atoms with Crippen LogP contribution in [0, 0.1) is 0 Å². The van der Waals surface area contributed by atoms with Gasteiger partial charge in [-0.05, 0) is 13.3 Å². The van der Waals surface area contributed by atoms with Gasteiger partial charge in [0.05, 0.1) is 6.54 Å². The lowest BCUT2D eigenvalue weighted by Crippen LogP contribution is -2.58. The van der Waals surface area contributed by atoms with Gasteiger partial charge in [-0.15, -0.1) is 0 Å². The van der Waals surface area contributed by atoms with E-state index in [-0.39, 0.29) is 30.1 Å². The second-order valence-corrected chi connectivity index (χ2v) is 4.95. The van der Waals surface area contributed by atoms with E-state index in [1.54, 1.807) is 11.0 Å². The zero-order valence-electron chi connectivity index (χ0n) is 11.9. The number of hydrogen-bond donors (Lipinski definition) is 1. The fourth-order valence-corrected chi connectivity index (χ4v) is 2.36. The molecule has 2 rings (SSSR count). The molecule has 0 aromatic carbocycles. The molecule has 1 fully saturated rings. The van der Waals surface area contributed by atoms with Crippen molar-refractivity contribution < 1.29 is 14.3 Å². The quantitative estimate of drug-likeness (QED) is 0.642. The molecule has 2 amide bonds. The van der Waals surface area contributed by atoms with E-state index < -0.39 is 6.04 Å². The molecule has 1 N–H and O–H groups in total. The Bertz CT molecular complexity index is 552. The molecule has 21 heavy (non-hydrogen) atoms. The molecule has 1 unspecified atom stereocenters. The minimum Gasteiger partial charge on any atom is -0.374 e. The van der Waals surface area contributed by atoms with Gasteiger partial charge in [0.2, 0.25) is 11.8 Å². The second kappa shape index (κ2) is 6.82. The smallest absolute Gasteiger partial charge is 0.249 e. The lowest BCUT2D eigenvalue weighted by molar-refractivity contribution is -0.132. The number of nitrogens with zero attached hydrogens (tertiary/aromatic N) is 3. The van der Waals surface area contributed by atoms with E-state index in [0.29, 0.717) is 24.7 Å². The van der Waals surface area contributed by atoms with Crippen molar-refractivity contribution in [3.63, 3.8) is 0 Å². The number of halogens is 1. The highest BCUT2D eigenvalue weighted by Crippen LogP contribution is 2.21. The van der Waals surface area contributed by atoms with Gasteiger partial charge in [-0.25, -0.2) is 9.97 Å². The van der Waals surface area contributed by atoms with Crippen LogP contribution < -0.4 is 10.2 Å². The summed E-state index contributed by atoms with van der Waals surface area (Å²) in [5, 5.41) is 2.58. The van der Waals surface area contributed by atoms with Gasteiger partial charge >= 0.3 is 0 Å². The predicted octanol–water partition coefficient (Wildman–Crippen LogP) is 0.908. The fourth-order valence-electron chi connectivity index (χ4n) is 2.17. The van der Waals surface area contributed by atoms with Crippen LogP contribution in [0.15, 0.2) is 6.07 Å². The molecule has 1 aromatic heterocycles. The highest BCUT2D eigenvalue weighted by atomic mass is 35.5. The van der Waals surface area contributed by atoms with Gasteiger partial charge in [0.15, 0.2) is 5.82 Å². The zero-order valence-corrected chi connectivity index (χ0v) is 12.7. The number of aromatic nitrogens is 2. The first-order chi connectivity index (χ1) is 10.0. The molecule has 0 radical (unpaired) electrons. The zero-order chi connectivity index (χ0) is 15.4. The van der Waals surface area contributed by atoms with Crippen LogP contribution >= 0.6 is 11.6 Å². The second-order valence-electron chi connectivity index (χ2n) is 4.57. The first-order valence-corrected chi connectivity index (χ1v) is 7.14. The van der Waals surface area contributed by atoms with Crippen LogP contribution in [-0.4, -0.2) is 41.0 Å². The molecule has 1 atom stereocenters. The molecule has 0 bridgehead atoms. The van der Waals surface area contributed by atoms with Crippen molar-refractivity contribution in [1.82, 2.24) is 15.3 Å². The summed E-state index contributed by atoms with van der Waals surface area (Å²) in [6.07, 6.45) is 0.557. The van der Waals surface area contributed by atoms with Crippen LogP contribution in [0.3, 0.4) is 0 Å². The number of rotatable bonds is 5. The Hall–Kier alpha value is -1.73. The average molecular weight is 313 g/mol. The number of anilines is 1. The molecule has 0 saturated carbocycles. The molecule has 114 valence electrons. The number of carbonyl (C=O) groups is 2. The normalized spacial score (nSPS) is 18.8. The highest BCUT2D eigenvalue weighted by Gasteiger charge is 2.33. The summed E-state index contributed by atoms with van der Waals surface area (Å²) >= 11 is 5.99. The Balaban J connectivity index is 2.31. The number of imide groups is 1. The fraction of sp³-hybridized carbons (Fsp3) is 0.538. The highest BCUT2D eigenvalue weighted by molar-refractivity contribution is 6.29. The monoisotopic (exact) mass is 312 g/mol. The number of piperazine rings is 1. The van der Waals surface area contributed by atoms with Crippen molar-refractivity contribution in [3.8, 4) is 0 Å². The van der Waals surface area contributed by atoms with Gasteiger partial charge in [0, 0.05) is 12.7 Å². The van der Waals surface area contributed by atoms with Crippen LogP contribution in [0.4, 0.5) is 5.82 Å². The Morgan fingerprint density at radius 1 is 1.43 bits per heavy atom. The lowest BCUT2D eigenvalue weighted by Gasteiger charge is -2.34. The van der Waals surface area contributed by atoms with E-state index in [4.69, 9.17) is 16.3 Å². The van der Waals surface area contributed by atoms with E-state index in [9.17, 15) is 9.59 Å². The molecule has 1 aromatic rings. The molecule has 1 aliphatic rings. The summed E-state index contributed by atoms with van der Waals surface area (Å²) in [7, 11) is 0. The molecular formula is C13H17ClN4O3. The summed E-state index contributed by atoms with van der Waals surface area (Å²) in [5.74, 6) is 0.202. The summed E-state index contributed by atoms with van der Waals surface area (Å²) < 4.78 is 5.26. The maximum atomic E-state index is 11.9. The van der Waals surface area contributed by atoms with Crippen LogP contribution in [0.2, 0.25) is 5.15 Å². The van der Waals surface area contributed by atoms with Crippen molar-refractivity contribution in [2.45, 2.75) is 32.9 Å². The van der Waals surface area contributed by atoms with Crippen molar-refractivity contribution in [2.75, 3.05) is 18.1 Å². The SMILES string of the molecule is CCOCc1nc(Cl)cc(N2CC(=O)NC(=O)C2CC)n1. The molecular weight excluding hydrogens is 296 g/mol. The summed E-state index contributed by atoms with van der Waals surface area (Å²) in [6.45, 7) is 4.57. The predicted molar refractivity (Wildman–Crippen MR) is 76.9 cm³/mol. The van der Waals surface area contributed by atoms with E-state index in [1.165, 1.54) is 0 Å². The Labute approximate surface area is 127 Å². The van der Waals surface area contributed by atoms with E-state index >= 15 is 0 Å². The molecule has 1 saturated heterocycles. The number of hydrogen-bond acceptors (Lipinski definition) is 6. The number of ether oxygens (including phenoxy) is 1. The molecule has 0 spiro atoms.